The molecule has 0 fully saturated rings. The maximum atomic E-state index is 12.4. The fourth-order valence-electron chi connectivity index (χ4n) is 2.36. The van der Waals surface area contributed by atoms with Gasteiger partial charge >= 0.3 is 12.0 Å². The zero-order chi connectivity index (χ0) is 23.2. The molecule has 0 bridgehead atoms. The Hall–Kier alpha value is -4.01. The number of nitro groups is 1. The molecule has 2 aromatic rings. The zero-order valence-corrected chi connectivity index (χ0v) is 17.3. The molecule has 0 unspecified atom stereocenters. The minimum absolute atomic E-state index is 0.0348. The van der Waals surface area contributed by atoms with Crippen LogP contribution in [0.4, 0.5) is 16.4 Å². The number of carbonyl (C=O) groups excluding carboxylic acids is 2. The molecule has 1 aromatic carbocycles. The summed E-state index contributed by atoms with van der Waals surface area (Å²) in [5, 5.41) is 13.4. The van der Waals surface area contributed by atoms with Crippen molar-refractivity contribution in [3.63, 3.8) is 0 Å². The molecule has 2 N–H and O–H groups in total. The smallest absolute Gasteiger partial charge is 0.338 e. The Balaban J connectivity index is 2.27. The minimum Gasteiger partial charge on any atom is -0.481 e. The molecule has 14 nitrogen and oxygen atoms in total. The van der Waals surface area contributed by atoms with E-state index in [9.17, 15) is 28.1 Å². The van der Waals surface area contributed by atoms with Crippen LogP contribution >= 0.6 is 0 Å². The molecule has 2 amide bonds. The van der Waals surface area contributed by atoms with Crippen LogP contribution in [0.25, 0.3) is 0 Å². The van der Waals surface area contributed by atoms with E-state index in [0.29, 0.717) is 0 Å². The third-order valence-electron chi connectivity index (χ3n) is 3.66. The van der Waals surface area contributed by atoms with Gasteiger partial charge in [0.05, 0.1) is 43.4 Å². The SMILES string of the molecule is COC(=O)c1cccc([N+](=O)[O-])c1CS(=O)(=O)NC(=O)Nc1nc(OC)cc(OC)n1. The standard InChI is InChI=1S/C16H17N5O9S/c1-28-12-7-13(29-2)18-15(17-12)19-16(23)20-31(26,27)8-10-9(14(22)30-3)5-4-6-11(10)21(24)25/h4-7H,8H2,1-3H3,(H2,17,18,19,20,23). The van der Waals surface area contributed by atoms with Crippen LogP contribution in [0.1, 0.15) is 15.9 Å². The van der Waals surface area contributed by atoms with E-state index < -0.39 is 44.0 Å². The molecular formula is C16H17N5O9S. The van der Waals surface area contributed by atoms with Gasteiger partial charge < -0.3 is 14.2 Å². The summed E-state index contributed by atoms with van der Waals surface area (Å²) in [6.45, 7) is 0. The van der Waals surface area contributed by atoms with Crippen LogP contribution in [-0.2, 0) is 20.5 Å². The first-order valence-electron chi connectivity index (χ1n) is 8.23. The lowest BCUT2D eigenvalue weighted by atomic mass is 10.1. The quantitative estimate of drug-likeness (QED) is 0.326. The number of esters is 1. The molecule has 0 radical (unpaired) electrons. The number of benzene rings is 1. The highest BCUT2D eigenvalue weighted by molar-refractivity contribution is 7.89. The van der Waals surface area contributed by atoms with Crippen LogP contribution in [0.15, 0.2) is 24.3 Å². The number of hydrogen-bond acceptors (Lipinski definition) is 11. The van der Waals surface area contributed by atoms with E-state index in [0.717, 1.165) is 13.2 Å². The van der Waals surface area contributed by atoms with E-state index in [2.05, 4.69) is 20.0 Å². The average molecular weight is 455 g/mol. The van der Waals surface area contributed by atoms with E-state index >= 15 is 0 Å². The highest BCUT2D eigenvalue weighted by atomic mass is 32.2. The summed E-state index contributed by atoms with van der Waals surface area (Å²) < 4.78 is 40.9. The normalized spacial score (nSPS) is 10.7. The molecule has 2 rings (SSSR count). The van der Waals surface area contributed by atoms with Gasteiger partial charge in [-0.25, -0.2) is 22.7 Å². The van der Waals surface area contributed by atoms with Gasteiger partial charge in [-0.15, -0.1) is 0 Å². The van der Waals surface area contributed by atoms with Gasteiger partial charge in [0, 0.05) is 6.07 Å². The number of hydrogen-bond donors (Lipinski definition) is 2. The Morgan fingerprint density at radius 2 is 1.74 bits per heavy atom. The van der Waals surface area contributed by atoms with Crippen LogP contribution < -0.4 is 19.5 Å². The van der Waals surface area contributed by atoms with E-state index in [4.69, 9.17) is 9.47 Å². The highest BCUT2D eigenvalue weighted by Gasteiger charge is 2.28. The number of aromatic nitrogens is 2. The zero-order valence-electron chi connectivity index (χ0n) is 16.4. The molecule has 0 aliphatic rings. The molecule has 1 aromatic heterocycles. The van der Waals surface area contributed by atoms with Gasteiger partial charge in [-0.2, -0.15) is 9.97 Å². The number of carbonyl (C=O) groups is 2. The summed E-state index contributed by atoms with van der Waals surface area (Å²) in [5.74, 6) is -2.29. The molecule has 0 saturated carbocycles. The Kier molecular flexibility index (Phi) is 7.25. The third kappa shape index (κ3) is 5.99. The first-order valence-corrected chi connectivity index (χ1v) is 9.88. The number of nitrogens with zero attached hydrogens (tertiary/aromatic N) is 3. The van der Waals surface area contributed by atoms with Gasteiger partial charge in [-0.05, 0) is 6.07 Å². The van der Waals surface area contributed by atoms with Gasteiger partial charge in [0.2, 0.25) is 27.7 Å². The van der Waals surface area contributed by atoms with Crippen LogP contribution in [0.2, 0.25) is 0 Å². The van der Waals surface area contributed by atoms with Gasteiger partial charge in [-0.3, -0.25) is 15.4 Å². The third-order valence-corrected chi connectivity index (χ3v) is 4.82. The lowest BCUT2D eigenvalue weighted by Crippen LogP contribution is -2.36. The summed E-state index contributed by atoms with van der Waals surface area (Å²) in [6, 6.07) is 3.46. The Labute approximate surface area is 175 Å². The largest absolute Gasteiger partial charge is 0.481 e. The maximum absolute atomic E-state index is 12.4. The van der Waals surface area contributed by atoms with Crippen molar-refractivity contribution in [2.45, 2.75) is 5.75 Å². The number of anilines is 1. The Bertz CT molecular complexity index is 1100. The fraction of sp³-hybridized carbons (Fsp3) is 0.250. The Morgan fingerprint density at radius 1 is 1.13 bits per heavy atom. The van der Waals surface area contributed by atoms with Gasteiger partial charge in [0.15, 0.2) is 0 Å². The fourth-order valence-corrected chi connectivity index (χ4v) is 3.45. The average Bonchev–Trinajstić information content (AvgIpc) is 2.71. The van der Waals surface area contributed by atoms with E-state index in [1.54, 1.807) is 4.72 Å². The predicted octanol–water partition coefficient (Wildman–Crippen LogP) is 0.840. The summed E-state index contributed by atoms with van der Waals surface area (Å²) in [5.41, 5.74) is -1.41. The van der Waals surface area contributed by atoms with E-state index in [1.807, 2.05) is 0 Å². The van der Waals surface area contributed by atoms with E-state index in [-0.39, 0.29) is 23.3 Å². The molecule has 31 heavy (non-hydrogen) atoms. The molecule has 0 atom stereocenters. The number of methoxy groups -OCH3 is 3. The van der Waals surface area contributed by atoms with E-state index in [1.165, 1.54) is 32.4 Å². The second-order valence-electron chi connectivity index (χ2n) is 5.64. The molecule has 15 heteroatoms. The number of nitro benzene ring substituents is 1. The number of nitrogens with one attached hydrogen (secondary N) is 2. The lowest BCUT2D eigenvalue weighted by Gasteiger charge is -2.11. The molecule has 0 spiro atoms. The monoisotopic (exact) mass is 455 g/mol. The van der Waals surface area contributed by atoms with Crippen molar-refractivity contribution in [2.75, 3.05) is 26.6 Å². The second kappa shape index (κ2) is 9.66. The van der Waals surface area contributed by atoms with Crippen molar-refractivity contribution in [1.29, 1.82) is 0 Å². The number of ether oxygens (including phenoxy) is 3. The van der Waals surface area contributed by atoms with Crippen LogP contribution in [0.5, 0.6) is 11.8 Å². The molecule has 1 heterocycles. The number of urea groups is 1. The lowest BCUT2D eigenvalue weighted by molar-refractivity contribution is -0.385. The summed E-state index contributed by atoms with van der Waals surface area (Å²) in [7, 11) is -0.848. The summed E-state index contributed by atoms with van der Waals surface area (Å²) in [4.78, 5) is 42.1. The molecular weight excluding hydrogens is 438 g/mol. The van der Waals surface area contributed by atoms with Crippen molar-refractivity contribution < 1.29 is 37.1 Å². The molecule has 0 aliphatic heterocycles. The second-order valence-corrected chi connectivity index (χ2v) is 7.37. The van der Waals surface area contributed by atoms with Crippen molar-refractivity contribution >= 4 is 33.7 Å². The van der Waals surface area contributed by atoms with Gasteiger partial charge in [0.25, 0.3) is 5.69 Å². The van der Waals surface area contributed by atoms with Gasteiger partial charge in [-0.1, -0.05) is 6.07 Å². The number of sulfonamides is 1. The first kappa shape index (κ1) is 23.3. The molecule has 0 aliphatic carbocycles. The van der Waals surface area contributed by atoms with Crippen molar-refractivity contribution in [2.24, 2.45) is 0 Å². The first-order chi connectivity index (χ1) is 14.6. The van der Waals surface area contributed by atoms with Crippen LogP contribution in [-0.4, -0.2) is 56.6 Å². The number of amides is 2. The summed E-state index contributed by atoms with van der Waals surface area (Å²) in [6.07, 6.45) is 0. The highest BCUT2D eigenvalue weighted by Crippen LogP contribution is 2.25. The van der Waals surface area contributed by atoms with Crippen LogP contribution in [0.3, 0.4) is 0 Å². The van der Waals surface area contributed by atoms with Crippen molar-refractivity contribution in [3.05, 3.63) is 45.5 Å². The predicted molar refractivity (Wildman–Crippen MR) is 104 cm³/mol. The number of rotatable bonds is 8. The molecule has 0 saturated heterocycles. The molecule has 166 valence electrons. The van der Waals surface area contributed by atoms with Crippen LogP contribution in [0, 0.1) is 10.1 Å². The van der Waals surface area contributed by atoms with Crippen molar-refractivity contribution in [1.82, 2.24) is 14.7 Å². The Morgan fingerprint density at radius 3 is 2.26 bits per heavy atom. The maximum Gasteiger partial charge on any atom is 0.338 e. The van der Waals surface area contributed by atoms with Crippen molar-refractivity contribution in [3.8, 4) is 11.8 Å². The van der Waals surface area contributed by atoms with Gasteiger partial charge in [0.1, 0.15) is 5.75 Å². The summed E-state index contributed by atoms with van der Waals surface area (Å²) >= 11 is 0. The topological polar surface area (TPSA) is 189 Å². The minimum atomic E-state index is -4.50.